The van der Waals surface area contributed by atoms with Crippen molar-refractivity contribution in [1.82, 2.24) is 5.32 Å². The predicted molar refractivity (Wildman–Crippen MR) is 39.2 cm³/mol. The molecule has 0 amide bonds. The Hall–Kier alpha value is -0.610. The highest BCUT2D eigenvalue weighted by molar-refractivity contribution is 5.73. The molecule has 1 rings (SSSR count). The monoisotopic (exact) mass is 159 g/mol. The summed E-state index contributed by atoms with van der Waals surface area (Å²) in [5.74, 6) is -0.749. The van der Waals surface area contributed by atoms with Gasteiger partial charge in [-0.05, 0) is 12.3 Å². The molecular weight excluding hydrogens is 146 g/mol. The van der Waals surface area contributed by atoms with Gasteiger partial charge < -0.3 is 15.5 Å². The van der Waals surface area contributed by atoms with Crippen molar-refractivity contribution in [2.45, 2.75) is 25.5 Å². The third kappa shape index (κ3) is 1.91. The van der Waals surface area contributed by atoms with Crippen molar-refractivity contribution < 1.29 is 15.0 Å². The smallest absolute Gasteiger partial charge is 0.320 e. The molecule has 1 aliphatic heterocycles. The molecule has 1 saturated heterocycles. The van der Waals surface area contributed by atoms with Gasteiger partial charge in [0.05, 0.1) is 6.10 Å². The van der Waals surface area contributed by atoms with E-state index in [2.05, 4.69) is 5.32 Å². The Morgan fingerprint density at radius 1 is 1.64 bits per heavy atom. The van der Waals surface area contributed by atoms with Crippen LogP contribution >= 0.6 is 0 Å². The molecule has 0 aromatic rings. The van der Waals surface area contributed by atoms with Crippen molar-refractivity contribution in [2.75, 3.05) is 6.54 Å². The first-order valence-electron chi connectivity index (χ1n) is 3.75. The zero-order valence-electron chi connectivity index (χ0n) is 6.45. The molecule has 0 spiro atoms. The van der Waals surface area contributed by atoms with E-state index in [0.29, 0.717) is 13.0 Å². The Balaban J connectivity index is 2.46. The molecule has 3 unspecified atom stereocenters. The van der Waals surface area contributed by atoms with E-state index in [0.717, 1.165) is 0 Å². The molecule has 0 bridgehead atoms. The zero-order valence-corrected chi connectivity index (χ0v) is 6.45. The maximum atomic E-state index is 10.5. The standard InChI is InChI=1S/C7H13NO3/c1-4-2-5(7(10)11)8-3-6(4)9/h4-6,8-9H,2-3H2,1H3,(H,10,11). The Bertz CT molecular complexity index is 160. The van der Waals surface area contributed by atoms with Gasteiger partial charge in [0.25, 0.3) is 0 Å². The van der Waals surface area contributed by atoms with Crippen molar-refractivity contribution in [3.63, 3.8) is 0 Å². The van der Waals surface area contributed by atoms with Gasteiger partial charge in [-0.2, -0.15) is 0 Å². The molecule has 1 aliphatic rings. The van der Waals surface area contributed by atoms with Gasteiger partial charge in [0.2, 0.25) is 0 Å². The molecular formula is C7H13NO3. The second kappa shape index (κ2) is 3.19. The van der Waals surface area contributed by atoms with Crippen molar-refractivity contribution in [2.24, 2.45) is 5.92 Å². The first-order chi connectivity index (χ1) is 5.11. The maximum Gasteiger partial charge on any atom is 0.320 e. The second-order valence-corrected chi connectivity index (χ2v) is 3.08. The Labute approximate surface area is 65.2 Å². The highest BCUT2D eigenvalue weighted by Crippen LogP contribution is 2.15. The van der Waals surface area contributed by atoms with Crippen LogP contribution in [0.5, 0.6) is 0 Å². The van der Waals surface area contributed by atoms with Gasteiger partial charge in [-0.25, -0.2) is 0 Å². The Kier molecular flexibility index (Phi) is 2.46. The van der Waals surface area contributed by atoms with E-state index in [9.17, 15) is 9.90 Å². The molecule has 0 aliphatic carbocycles. The van der Waals surface area contributed by atoms with E-state index in [1.165, 1.54) is 0 Å². The van der Waals surface area contributed by atoms with Crippen LogP contribution in [0.25, 0.3) is 0 Å². The number of β-amino-alcohol motifs (C(OH)–C–C–N with tert-alkyl or cyclic N) is 1. The van der Waals surface area contributed by atoms with Crippen molar-refractivity contribution in [3.8, 4) is 0 Å². The quantitative estimate of drug-likeness (QED) is 0.479. The molecule has 4 heteroatoms. The number of piperidine rings is 1. The van der Waals surface area contributed by atoms with E-state index < -0.39 is 18.1 Å². The maximum absolute atomic E-state index is 10.5. The first kappa shape index (κ1) is 8.49. The zero-order chi connectivity index (χ0) is 8.43. The van der Waals surface area contributed by atoms with Crippen molar-refractivity contribution >= 4 is 5.97 Å². The van der Waals surface area contributed by atoms with Gasteiger partial charge in [-0.1, -0.05) is 6.92 Å². The van der Waals surface area contributed by atoms with E-state index in [1.807, 2.05) is 6.92 Å². The number of rotatable bonds is 1. The molecule has 0 saturated carbocycles. The van der Waals surface area contributed by atoms with Gasteiger partial charge >= 0.3 is 5.97 Å². The number of carboxylic acid groups (broad SMARTS) is 1. The fourth-order valence-electron chi connectivity index (χ4n) is 1.26. The lowest BCUT2D eigenvalue weighted by molar-refractivity contribution is -0.141. The summed E-state index contributed by atoms with van der Waals surface area (Å²) in [4.78, 5) is 10.5. The summed E-state index contributed by atoms with van der Waals surface area (Å²) < 4.78 is 0. The lowest BCUT2D eigenvalue weighted by Gasteiger charge is -2.29. The number of nitrogens with one attached hydrogen (secondary N) is 1. The van der Waals surface area contributed by atoms with Crippen LogP contribution in [0.2, 0.25) is 0 Å². The molecule has 64 valence electrons. The minimum atomic E-state index is -0.830. The SMILES string of the molecule is CC1CC(C(=O)O)NCC1O. The minimum absolute atomic E-state index is 0.0809. The summed E-state index contributed by atoms with van der Waals surface area (Å²) in [5.41, 5.74) is 0. The normalized spacial score (nSPS) is 38.5. The topological polar surface area (TPSA) is 69.6 Å². The van der Waals surface area contributed by atoms with Crippen LogP contribution in [-0.2, 0) is 4.79 Å². The third-order valence-corrected chi connectivity index (χ3v) is 2.14. The largest absolute Gasteiger partial charge is 0.480 e. The van der Waals surface area contributed by atoms with Crippen LogP contribution in [0.4, 0.5) is 0 Å². The van der Waals surface area contributed by atoms with Crippen LogP contribution < -0.4 is 5.32 Å². The van der Waals surface area contributed by atoms with Gasteiger partial charge in [0, 0.05) is 6.54 Å². The molecule has 1 fully saturated rings. The summed E-state index contributed by atoms with van der Waals surface area (Å²) in [7, 11) is 0. The van der Waals surface area contributed by atoms with Gasteiger partial charge in [-0.3, -0.25) is 4.79 Å². The Morgan fingerprint density at radius 2 is 2.27 bits per heavy atom. The molecule has 0 aromatic carbocycles. The van der Waals surface area contributed by atoms with Gasteiger partial charge in [0.15, 0.2) is 0 Å². The fourth-order valence-corrected chi connectivity index (χ4v) is 1.26. The predicted octanol–water partition coefficient (Wildman–Crippen LogP) is -0.570. The highest BCUT2D eigenvalue weighted by atomic mass is 16.4. The third-order valence-electron chi connectivity index (χ3n) is 2.14. The first-order valence-corrected chi connectivity index (χ1v) is 3.75. The number of aliphatic carboxylic acids is 1. The minimum Gasteiger partial charge on any atom is -0.480 e. The highest BCUT2D eigenvalue weighted by Gasteiger charge is 2.29. The number of aliphatic hydroxyl groups excluding tert-OH is 1. The van der Waals surface area contributed by atoms with E-state index in [-0.39, 0.29) is 5.92 Å². The summed E-state index contributed by atoms with van der Waals surface area (Å²) in [6, 6.07) is -0.478. The van der Waals surface area contributed by atoms with Crippen LogP contribution in [0.15, 0.2) is 0 Å². The lowest BCUT2D eigenvalue weighted by atomic mass is 9.92. The number of carboxylic acids is 1. The summed E-state index contributed by atoms with van der Waals surface area (Å²) in [5, 5.41) is 20.6. The average Bonchev–Trinajstić information content (AvgIpc) is 1.94. The van der Waals surface area contributed by atoms with Crippen molar-refractivity contribution in [3.05, 3.63) is 0 Å². The molecule has 3 atom stereocenters. The number of carbonyl (C=O) groups is 1. The summed E-state index contributed by atoms with van der Waals surface area (Å²) in [6.45, 7) is 2.25. The number of hydrogen-bond donors (Lipinski definition) is 3. The van der Waals surface area contributed by atoms with E-state index in [4.69, 9.17) is 5.11 Å². The van der Waals surface area contributed by atoms with E-state index in [1.54, 1.807) is 0 Å². The molecule has 11 heavy (non-hydrogen) atoms. The van der Waals surface area contributed by atoms with Gasteiger partial charge in [0.1, 0.15) is 6.04 Å². The second-order valence-electron chi connectivity index (χ2n) is 3.08. The fraction of sp³-hybridized carbons (Fsp3) is 0.857. The number of hydrogen-bond acceptors (Lipinski definition) is 3. The average molecular weight is 159 g/mol. The van der Waals surface area contributed by atoms with Crippen LogP contribution in [0.3, 0.4) is 0 Å². The van der Waals surface area contributed by atoms with Crippen LogP contribution in [0.1, 0.15) is 13.3 Å². The van der Waals surface area contributed by atoms with Crippen LogP contribution in [-0.4, -0.2) is 34.9 Å². The molecule has 1 heterocycles. The van der Waals surface area contributed by atoms with Gasteiger partial charge in [-0.15, -0.1) is 0 Å². The molecule has 4 nitrogen and oxygen atoms in total. The molecule has 0 aromatic heterocycles. The number of aliphatic hydroxyl groups is 1. The van der Waals surface area contributed by atoms with Crippen LogP contribution in [0, 0.1) is 5.92 Å². The summed E-state index contributed by atoms with van der Waals surface area (Å²) in [6.07, 6.45) is 0.113. The summed E-state index contributed by atoms with van der Waals surface area (Å²) >= 11 is 0. The molecule has 0 radical (unpaired) electrons. The van der Waals surface area contributed by atoms with Crippen molar-refractivity contribution in [1.29, 1.82) is 0 Å². The molecule has 3 N–H and O–H groups in total. The van der Waals surface area contributed by atoms with E-state index >= 15 is 0 Å². The lowest BCUT2D eigenvalue weighted by Crippen LogP contribution is -2.49. The Morgan fingerprint density at radius 3 is 2.73 bits per heavy atom.